The van der Waals surface area contributed by atoms with E-state index in [-0.39, 0.29) is 5.82 Å². The zero-order chi connectivity index (χ0) is 11.6. The molecule has 1 nitrogen and oxygen atoms in total. The predicted octanol–water partition coefficient (Wildman–Crippen LogP) is 3.75. The van der Waals surface area contributed by atoms with Crippen LogP contribution in [-0.2, 0) is 5.41 Å². The van der Waals surface area contributed by atoms with Crippen LogP contribution >= 0.6 is 0 Å². The summed E-state index contributed by atoms with van der Waals surface area (Å²) in [5, 5.41) is 9.07. The summed E-state index contributed by atoms with van der Waals surface area (Å²) in [7, 11) is 0. The smallest absolute Gasteiger partial charge is 0.123 e. The molecule has 0 bridgehead atoms. The molecule has 0 radical (unpaired) electrons. The second-order valence-corrected chi connectivity index (χ2v) is 4.62. The summed E-state index contributed by atoms with van der Waals surface area (Å²) in [4.78, 5) is 0. The lowest BCUT2D eigenvalue weighted by atomic mass is 9.80. The van der Waals surface area contributed by atoms with Crippen molar-refractivity contribution in [2.75, 3.05) is 0 Å². The summed E-state index contributed by atoms with van der Waals surface area (Å²) < 4.78 is 13.2. The van der Waals surface area contributed by atoms with E-state index in [4.69, 9.17) is 5.26 Å². The molecule has 0 saturated carbocycles. The third-order valence-corrected chi connectivity index (χ3v) is 2.59. The third kappa shape index (κ3) is 2.36. The molecule has 1 aromatic carbocycles. The molecule has 0 saturated heterocycles. The number of hydrogen-bond donors (Lipinski definition) is 0. The van der Waals surface area contributed by atoms with E-state index >= 15 is 0 Å². The molecule has 0 atom stereocenters. The van der Waals surface area contributed by atoms with Crippen LogP contribution in [0.2, 0.25) is 0 Å². The van der Waals surface area contributed by atoms with Gasteiger partial charge in [-0.2, -0.15) is 5.26 Å². The van der Waals surface area contributed by atoms with Gasteiger partial charge in [0, 0.05) is 0 Å². The Kier molecular flexibility index (Phi) is 3.14. The highest BCUT2D eigenvalue weighted by Gasteiger charge is 2.24. The van der Waals surface area contributed by atoms with Crippen LogP contribution in [0.15, 0.2) is 18.2 Å². The van der Waals surface area contributed by atoms with Gasteiger partial charge in [-0.25, -0.2) is 4.39 Å². The Bertz CT molecular complexity index is 399. The predicted molar refractivity (Wildman–Crippen MR) is 59.1 cm³/mol. The fourth-order valence-electron chi connectivity index (χ4n) is 1.63. The molecule has 1 aromatic rings. The van der Waals surface area contributed by atoms with Crippen LogP contribution in [-0.4, -0.2) is 0 Å². The summed E-state index contributed by atoms with van der Waals surface area (Å²) in [6, 6.07) is 6.91. The molecular formula is C13H16FN. The minimum Gasteiger partial charge on any atom is -0.207 e. The van der Waals surface area contributed by atoms with Crippen molar-refractivity contribution in [1.82, 2.24) is 0 Å². The van der Waals surface area contributed by atoms with Crippen LogP contribution in [0.25, 0.3) is 0 Å². The Morgan fingerprint density at radius 2 is 1.93 bits per heavy atom. The van der Waals surface area contributed by atoms with E-state index in [0.29, 0.717) is 5.92 Å². The van der Waals surface area contributed by atoms with Crippen molar-refractivity contribution in [3.05, 3.63) is 35.1 Å². The normalized spacial score (nSPS) is 11.5. The van der Waals surface area contributed by atoms with E-state index in [1.807, 2.05) is 27.7 Å². The Labute approximate surface area is 90.5 Å². The molecule has 0 aliphatic carbocycles. The fraction of sp³-hybridized carbons (Fsp3) is 0.462. The second kappa shape index (κ2) is 4.02. The van der Waals surface area contributed by atoms with Gasteiger partial charge in [0.15, 0.2) is 0 Å². The Morgan fingerprint density at radius 3 is 2.40 bits per heavy atom. The average molecular weight is 205 g/mol. The maximum Gasteiger partial charge on any atom is 0.123 e. The summed E-state index contributed by atoms with van der Waals surface area (Å²) in [6.07, 6.45) is 0. The maximum absolute atomic E-state index is 13.2. The monoisotopic (exact) mass is 205 g/mol. The minimum atomic E-state index is -0.637. The minimum absolute atomic E-state index is 0.280. The molecular weight excluding hydrogens is 189 g/mol. The summed E-state index contributed by atoms with van der Waals surface area (Å²) >= 11 is 0. The molecule has 0 amide bonds. The molecule has 0 fully saturated rings. The highest BCUT2D eigenvalue weighted by Crippen LogP contribution is 2.30. The van der Waals surface area contributed by atoms with E-state index in [1.54, 1.807) is 6.07 Å². The van der Waals surface area contributed by atoms with Crippen molar-refractivity contribution in [2.24, 2.45) is 0 Å². The van der Waals surface area contributed by atoms with E-state index in [0.717, 1.165) is 11.1 Å². The van der Waals surface area contributed by atoms with Gasteiger partial charge in [0.25, 0.3) is 0 Å². The van der Waals surface area contributed by atoms with Crippen molar-refractivity contribution < 1.29 is 4.39 Å². The standard InChI is InChI=1S/C13H16FN/c1-9(2)11-6-5-10(14)7-12(11)13(3,4)8-15/h5-7,9H,1-4H3. The van der Waals surface area contributed by atoms with Crippen molar-refractivity contribution in [3.8, 4) is 6.07 Å². The largest absolute Gasteiger partial charge is 0.207 e. The molecule has 0 spiro atoms. The molecule has 0 aromatic heterocycles. The van der Waals surface area contributed by atoms with Gasteiger partial charge in [0.2, 0.25) is 0 Å². The summed E-state index contributed by atoms with van der Waals surface area (Å²) in [6.45, 7) is 7.72. The molecule has 80 valence electrons. The first-order valence-corrected chi connectivity index (χ1v) is 5.09. The molecule has 0 aliphatic heterocycles. The number of hydrogen-bond acceptors (Lipinski definition) is 1. The van der Waals surface area contributed by atoms with Gasteiger partial charge in [-0.3, -0.25) is 0 Å². The topological polar surface area (TPSA) is 23.8 Å². The third-order valence-electron chi connectivity index (χ3n) is 2.59. The van der Waals surface area contributed by atoms with Crippen LogP contribution in [0.4, 0.5) is 4.39 Å². The van der Waals surface area contributed by atoms with Crippen molar-refractivity contribution in [1.29, 1.82) is 5.26 Å². The van der Waals surface area contributed by atoms with Crippen molar-refractivity contribution >= 4 is 0 Å². The Hall–Kier alpha value is -1.36. The molecule has 2 heteroatoms. The number of nitrogens with zero attached hydrogens (tertiary/aromatic N) is 1. The van der Waals surface area contributed by atoms with Crippen LogP contribution < -0.4 is 0 Å². The summed E-state index contributed by atoms with van der Waals surface area (Å²) in [5.74, 6) is 0.0194. The molecule has 1 rings (SSSR count). The maximum atomic E-state index is 13.2. The van der Waals surface area contributed by atoms with E-state index in [9.17, 15) is 4.39 Å². The molecule has 0 unspecified atom stereocenters. The Morgan fingerprint density at radius 1 is 1.33 bits per heavy atom. The SMILES string of the molecule is CC(C)c1ccc(F)cc1C(C)(C)C#N. The second-order valence-electron chi connectivity index (χ2n) is 4.62. The van der Waals surface area contributed by atoms with E-state index in [2.05, 4.69) is 6.07 Å². The van der Waals surface area contributed by atoms with Gasteiger partial charge in [0.1, 0.15) is 5.82 Å². The van der Waals surface area contributed by atoms with Gasteiger partial charge in [-0.05, 0) is 43.0 Å². The van der Waals surface area contributed by atoms with Gasteiger partial charge in [-0.15, -0.1) is 0 Å². The lowest BCUT2D eigenvalue weighted by molar-refractivity contribution is 0.605. The van der Waals surface area contributed by atoms with Gasteiger partial charge >= 0.3 is 0 Å². The number of halogens is 1. The van der Waals surface area contributed by atoms with Crippen LogP contribution in [0.1, 0.15) is 44.7 Å². The van der Waals surface area contributed by atoms with Crippen molar-refractivity contribution in [2.45, 2.75) is 39.0 Å². The lowest BCUT2D eigenvalue weighted by Crippen LogP contribution is -2.17. The zero-order valence-corrected chi connectivity index (χ0v) is 9.63. The number of rotatable bonds is 2. The molecule has 0 aliphatic rings. The van der Waals surface area contributed by atoms with Crippen LogP contribution in [0, 0.1) is 17.1 Å². The first-order chi connectivity index (χ1) is 6.88. The summed E-state index contributed by atoms with van der Waals surface area (Å²) in [5.41, 5.74) is 1.20. The number of benzene rings is 1. The highest BCUT2D eigenvalue weighted by molar-refractivity contribution is 5.39. The molecule has 15 heavy (non-hydrogen) atoms. The van der Waals surface area contributed by atoms with Gasteiger partial charge in [-0.1, -0.05) is 19.9 Å². The van der Waals surface area contributed by atoms with Crippen LogP contribution in [0.3, 0.4) is 0 Å². The first-order valence-electron chi connectivity index (χ1n) is 5.09. The van der Waals surface area contributed by atoms with Crippen molar-refractivity contribution in [3.63, 3.8) is 0 Å². The lowest BCUT2D eigenvalue weighted by Gasteiger charge is -2.22. The molecule has 0 heterocycles. The van der Waals surface area contributed by atoms with E-state index < -0.39 is 5.41 Å². The van der Waals surface area contributed by atoms with Gasteiger partial charge < -0.3 is 0 Å². The van der Waals surface area contributed by atoms with E-state index in [1.165, 1.54) is 12.1 Å². The first kappa shape index (κ1) is 11.7. The zero-order valence-electron chi connectivity index (χ0n) is 9.63. The highest BCUT2D eigenvalue weighted by atomic mass is 19.1. The van der Waals surface area contributed by atoms with Gasteiger partial charge in [0.05, 0.1) is 11.5 Å². The molecule has 0 N–H and O–H groups in total. The average Bonchev–Trinajstić information content (AvgIpc) is 2.17. The Balaban J connectivity index is 3.39. The quantitative estimate of drug-likeness (QED) is 0.721. The fourth-order valence-corrected chi connectivity index (χ4v) is 1.63. The number of nitriles is 1. The van der Waals surface area contributed by atoms with Crippen LogP contribution in [0.5, 0.6) is 0 Å².